The zero-order chi connectivity index (χ0) is 37.9. The van der Waals surface area contributed by atoms with Crippen LogP contribution in [-0.4, -0.2) is 112 Å². The van der Waals surface area contributed by atoms with Gasteiger partial charge in [0.1, 0.15) is 28.5 Å². The molecule has 3 aromatic rings. The van der Waals surface area contributed by atoms with Crippen molar-refractivity contribution in [3.8, 4) is 0 Å². The van der Waals surface area contributed by atoms with E-state index in [1.165, 1.54) is 17.8 Å². The van der Waals surface area contributed by atoms with Gasteiger partial charge in [-0.15, -0.1) is 0 Å². The number of hydrogen-bond acceptors (Lipinski definition) is 14. The van der Waals surface area contributed by atoms with Crippen molar-refractivity contribution in [2.75, 3.05) is 61.4 Å². The number of pyridine rings is 1. The van der Waals surface area contributed by atoms with E-state index in [0.717, 1.165) is 47.6 Å². The number of benzene rings is 1. The lowest BCUT2D eigenvalue weighted by Gasteiger charge is -2.41. The summed E-state index contributed by atoms with van der Waals surface area (Å²) in [5.41, 5.74) is 13.1. The molecule has 8 rings (SSSR count). The number of nitrogens with one attached hydrogen (secondary N) is 1. The number of imide groups is 2. The van der Waals surface area contributed by atoms with Crippen LogP contribution in [0.15, 0.2) is 40.5 Å². The van der Waals surface area contributed by atoms with Gasteiger partial charge in [-0.05, 0) is 44.4 Å². The Labute approximate surface area is 319 Å². The van der Waals surface area contributed by atoms with Crippen molar-refractivity contribution in [3.63, 3.8) is 0 Å². The maximum absolute atomic E-state index is 15.3. The van der Waals surface area contributed by atoms with E-state index in [0.29, 0.717) is 54.5 Å². The van der Waals surface area contributed by atoms with Crippen molar-refractivity contribution in [1.82, 2.24) is 30.1 Å². The van der Waals surface area contributed by atoms with Crippen LogP contribution in [0.3, 0.4) is 0 Å². The van der Waals surface area contributed by atoms with Crippen molar-refractivity contribution in [2.45, 2.75) is 67.3 Å². The van der Waals surface area contributed by atoms with E-state index < -0.39 is 35.5 Å². The molecule has 5 N–H and O–H groups in total. The number of amides is 4. The van der Waals surface area contributed by atoms with Crippen molar-refractivity contribution in [1.29, 1.82) is 0 Å². The van der Waals surface area contributed by atoms with Crippen LogP contribution in [0.5, 0.6) is 0 Å². The van der Waals surface area contributed by atoms with Crippen LogP contribution in [-0.2, 0) is 20.9 Å². The molecule has 4 saturated heterocycles. The number of carbonyl (C=O) groups is 4. The summed E-state index contributed by atoms with van der Waals surface area (Å²) < 4.78 is 21.2. The highest BCUT2D eigenvalue weighted by molar-refractivity contribution is 7.99. The molecule has 1 spiro atoms. The molecule has 4 amide bonds. The first-order valence-corrected chi connectivity index (χ1v) is 19.2. The minimum absolute atomic E-state index is 0.00262. The summed E-state index contributed by atoms with van der Waals surface area (Å²) in [6.45, 7) is 6.74. The Morgan fingerprint density at radius 1 is 1.04 bits per heavy atom. The molecule has 2 aromatic heterocycles. The first-order chi connectivity index (χ1) is 25.9. The number of piperidine rings is 2. The van der Waals surface area contributed by atoms with Gasteiger partial charge in [0.05, 0.1) is 35.1 Å². The number of nitrogens with two attached hydrogens (primary N) is 2. The highest BCUT2D eigenvalue weighted by Crippen LogP contribution is 2.43. The van der Waals surface area contributed by atoms with Gasteiger partial charge in [-0.1, -0.05) is 23.4 Å². The van der Waals surface area contributed by atoms with E-state index in [-0.39, 0.29) is 53.6 Å². The van der Waals surface area contributed by atoms with Gasteiger partial charge in [-0.3, -0.25) is 34.3 Å². The Hall–Kier alpha value is -4.42. The van der Waals surface area contributed by atoms with E-state index in [9.17, 15) is 19.2 Å². The number of nitrogen functional groups attached to an aromatic ring is 1. The Kier molecular flexibility index (Phi) is 9.71. The third kappa shape index (κ3) is 6.55. The SMILES string of the molecule is C[C@@H]1OCC2(CCN(c3cnc(Sc4ccnc(N5CCN(Cc6cc7c(cc6F)C(=O)N(C6CCC(=O)NC6=O)C7=O)CC5)c4Cl)c(N)n3)CC2)[C@@H]1N. The number of aromatic nitrogens is 3. The summed E-state index contributed by atoms with van der Waals surface area (Å²) in [5.74, 6) is -1.57. The average molecular weight is 779 g/mol. The van der Waals surface area contributed by atoms with E-state index in [1.54, 1.807) is 12.4 Å². The molecule has 18 heteroatoms. The number of nitrogens with zero attached hydrogens (tertiary/aromatic N) is 7. The first-order valence-electron chi connectivity index (χ1n) is 18.0. The van der Waals surface area contributed by atoms with Gasteiger partial charge in [0.2, 0.25) is 11.8 Å². The Morgan fingerprint density at radius 2 is 1.76 bits per heavy atom. The zero-order valence-corrected chi connectivity index (χ0v) is 31.2. The maximum atomic E-state index is 15.3. The highest BCUT2D eigenvalue weighted by Gasteiger charge is 2.48. The molecule has 4 fully saturated rings. The lowest BCUT2D eigenvalue weighted by molar-refractivity contribution is -0.136. The second-order valence-corrected chi connectivity index (χ2v) is 16.0. The molecule has 5 aliphatic heterocycles. The van der Waals surface area contributed by atoms with Crippen molar-refractivity contribution < 1.29 is 28.3 Å². The zero-order valence-electron chi connectivity index (χ0n) is 29.6. The second-order valence-electron chi connectivity index (χ2n) is 14.6. The summed E-state index contributed by atoms with van der Waals surface area (Å²) in [6.07, 6.45) is 5.36. The Bertz CT molecular complexity index is 2040. The van der Waals surface area contributed by atoms with E-state index in [4.69, 9.17) is 27.8 Å². The molecule has 7 heterocycles. The molecule has 0 bridgehead atoms. The van der Waals surface area contributed by atoms with E-state index in [2.05, 4.69) is 30.1 Å². The lowest BCUT2D eigenvalue weighted by Crippen LogP contribution is -2.54. The topological polar surface area (TPSA) is 193 Å². The summed E-state index contributed by atoms with van der Waals surface area (Å²) >= 11 is 8.24. The summed E-state index contributed by atoms with van der Waals surface area (Å²) in [7, 11) is 0. The molecule has 284 valence electrons. The van der Waals surface area contributed by atoms with Gasteiger partial charge in [-0.2, -0.15) is 0 Å². The van der Waals surface area contributed by atoms with Crippen LogP contribution < -0.4 is 26.6 Å². The van der Waals surface area contributed by atoms with Crippen molar-refractivity contribution in [3.05, 3.63) is 58.1 Å². The third-order valence-electron chi connectivity index (χ3n) is 11.4. The lowest BCUT2D eigenvalue weighted by atomic mass is 9.73. The maximum Gasteiger partial charge on any atom is 0.262 e. The molecule has 54 heavy (non-hydrogen) atoms. The molecule has 0 radical (unpaired) electrons. The molecule has 1 unspecified atom stereocenters. The highest BCUT2D eigenvalue weighted by atomic mass is 35.5. The largest absolute Gasteiger partial charge is 0.381 e. The molecule has 3 atom stereocenters. The van der Waals surface area contributed by atoms with Gasteiger partial charge in [0.25, 0.3) is 11.8 Å². The average Bonchev–Trinajstić information content (AvgIpc) is 3.56. The smallest absolute Gasteiger partial charge is 0.262 e. The Balaban J connectivity index is 0.886. The predicted molar refractivity (Wildman–Crippen MR) is 198 cm³/mol. The summed E-state index contributed by atoms with van der Waals surface area (Å²) in [4.78, 5) is 72.1. The fourth-order valence-electron chi connectivity index (χ4n) is 8.10. The number of hydrogen-bond donors (Lipinski definition) is 3. The molecule has 0 aliphatic carbocycles. The van der Waals surface area contributed by atoms with Crippen LogP contribution >= 0.6 is 23.4 Å². The number of halogens is 2. The number of rotatable bonds is 7. The third-order valence-corrected chi connectivity index (χ3v) is 12.9. The van der Waals surface area contributed by atoms with Crippen LogP contribution in [0, 0.1) is 11.2 Å². The molecular formula is C36H40ClFN10O5S. The fraction of sp³-hybridized carbons (Fsp3) is 0.472. The van der Waals surface area contributed by atoms with Gasteiger partial charge < -0.3 is 26.0 Å². The fourth-order valence-corrected chi connectivity index (χ4v) is 9.22. The van der Waals surface area contributed by atoms with Crippen LogP contribution in [0.2, 0.25) is 5.02 Å². The van der Waals surface area contributed by atoms with E-state index in [1.807, 2.05) is 17.9 Å². The number of fused-ring (bicyclic) bond motifs is 1. The minimum atomic E-state index is -1.12. The predicted octanol–water partition coefficient (Wildman–Crippen LogP) is 2.45. The van der Waals surface area contributed by atoms with Gasteiger partial charge in [-0.25, -0.2) is 19.3 Å². The van der Waals surface area contributed by atoms with Crippen LogP contribution in [0.4, 0.5) is 21.8 Å². The first kappa shape index (κ1) is 36.6. The van der Waals surface area contributed by atoms with Crippen molar-refractivity contribution in [2.24, 2.45) is 11.1 Å². The Morgan fingerprint density at radius 3 is 2.43 bits per heavy atom. The minimum Gasteiger partial charge on any atom is -0.381 e. The van der Waals surface area contributed by atoms with Crippen molar-refractivity contribution >= 4 is 64.4 Å². The molecule has 1 aromatic carbocycles. The van der Waals surface area contributed by atoms with Crippen LogP contribution in [0.25, 0.3) is 0 Å². The molecular weight excluding hydrogens is 739 g/mol. The monoisotopic (exact) mass is 778 g/mol. The van der Waals surface area contributed by atoms with Gasteiger partial charge >= 0.3 is 0 Å². The number of carbonyl (C=O) groups excluding carboxylic acids is 4. The number of ether oxygens (including phenoxy) is 1. The number of piperazine rings is 1. The van der Waals surface area contributed by atoms with Crippen LogP contribution in [0.1, 0.15) is 58.9 Å². The standard InChI is InChI=1S/C36H40ClFN10O5S/c1-19-29(39)36(18-53-19)5-8-46(9-6-36)26-16-42-33(30(40)43-26)54-25-4-7-41-31(28(25)37)47-12-10-45(11-13-47)17-20-14-21-22(15-23(20)38)35(52)48(34(21)51)24-2-3-27(49)44-32(24)50/h4,7,14-16,19,24,29H,2-3,5-6,8-13,17-18,39H2,1H3,(H2,40,43)(H,44,49,50)/t19-,24?,29+/m0/s1. The second kappa shape index (κ2) is 14.3. The van der Waals surface area contributed by atoms with Gasteiger partial charge in [0, 0.05) is 80.3 Å². The molecule has 5 aliphatic rings. The van der Waals surface area contributed by atoms with Gasteiger partial charge in [0.15, 0.2) is 5.82 Å². The quantitative estimate of drug-likeness (QED) is 0.296. The van der Waals surface area contributed by atoms with E-state index >= 15 is 4.39 Å². The molecule has 0 saturated carbocycles. The normalized spacial score (nSPS) is 24.4. The molecule has 15 nitrogen and oxygen atoms in total. The summed E-state index contributed by atoms with van der Waals surface area (Å²) in [6, 6.07) is 3.18. The number of anilines is 3. The summed E-state index contributed by atoms with van der Waals surface area (Å²) in [5, 5.41) is 3.16.